The van der Waals surface area contributed by atoms with Crippen LogP contribution in [0, 0.1) is 5.82 Å². The minimum atomic E-state index is -0.562. The Morgan fingerprint density at radius 2 is 1.85 bits per heavy atom. The summed E-state index contributed by atoms with van der Waals surface area (Å²) in [7, 11) is 0. The summed E-state index contributed by atoms with van der Waals surface area (Å²) in [6.45, 7) is 2.35. The Balaban J connectivity index is 2.17. The van der Waals surface area contributed by atoms with E-state index in [4.69, 9.17) is 0 Å². The molecule has 0 saturated heterocycles. The third-order valence-electron chi connectivity index (χ3n) is 3.43. The summed E-state index contributed by atoms with van der Waals surface area (Å²) in [4.78, 5) is 0. The molecule has 0 aliphatic heterocycles. The fraction of sp³-hybridized carbons (Fsp3) is 0.250. The number of halogens is 2. The molecule has 1 unspecified atom stereocenters. The Hall–Kier alpha value is -1.23. The first-order chi connectivity index (χ1) is 9.57. The largest absolute Gasteiger partial charge is 0.394 e. The molecule has 2 aromatic rings. The highest BCUT2D eigenvalue weighted by Crippen LogP contribution is 2.24. The highest BCUT2D eigenvalue weighted by molar-refractivity contribution is 9.10. The molecule has 2 aromatic carbocycles. The first kappa shape index (κ1) is 15.2. The van der Waals surface area contributed by atoms with Crippen LogP contribution >= 0.6 is 15.9 Å². The molecule has 4 heteroatoms. The molecule has 0 bridgehead atoms. The van der Waals surface area contributed by atoms with Crippen molar-refractivity contribution < 1.29 is 9.50 Å². The van der Waals surface area contributed by atoms with Crippen LogP contribution in [0.3, 0.4) is 0 Å². The second kappa shape index (κ2) is 6.48. The number of nitrogens with one attached hydrogen (secondary N) is 1. The number of hydrogen-bond acceptors (Lipinski definition) is 2. The first-order valence-corrected chi connectivity index (χ1v) is 7.20. The quantitative estimate of drug-likeness (QED) is 0.873. The maximum absolute atomic E-state index is 13.5. The van der Waals surface area contributed by atoms with Crippen molar-refractivity contribution in [1.82, 2.24) is 5.32 Å². The van der Waals surface area contributed by atoms with Gasteiger partial charge in [-0.15, -0.1) is 0 Å². The Bertz CT molecular complexity index is 576. The molecule has 2 N–H and O–H groups in total. The van der Waals surface area contributed by atoms with E-state index in [0.717, 1.165) is 11.1 Å². The van der Waals surface area contributed by atoms with Gasteiger partial charge in [0.05, 0.1) is 16.6 Å². The summed E-state index contributed by atoms with van der Waals surface area (Å²) in [5.41, 5.74) is 1.25. The van der Waals surface area contributed by atoms with Crippen molar-refractivity contribution in [2.24, 2.45) is 0 Å². The van der Waals surface area contributed by atoms with Gasteiger partial charge in [0.25, 0.3) is 0 Å². The molecule has 0 aliphatic carbocycles. The predicted molar refractivity (Wildman–Crippen MR) is 81.8 cm³/mol. The number of hydrogen-bond donors (Lipinski definition) is 2. The lowest BCUT2D eigenvalue weighted by molar-refractivity contribution is 0.173. The molecule has 0 aliphatic rings. The van der Waals surface area contributed by atoms with Crippen LogP contribution in [0.15, 0.2) is 53.0 Å². The van der Waals surface area contributed by atoms with Crippen molar-refractivity contribution in [3.8, 4) is 0 Å². The predicted octanol–water partition coefficient (Wildman–Crippen LogP) is 3.59. The summed E-state index contributed by atoms with van der Waals surface area (Å²) in [5.74, 6) is -0.283. The number of rotatable bonds is 5. The Morgan fingerprint density at radius 3 is 2.50 bits per heavy atom. The number of benzene rings is 2. The molecule has 0 aromatic heterocycles. The normalized spacial score (nSPS) is 14.0. The lowest BCUT2D eigenvalue weighted by Gasteiger charge is -2.29. The molecule has 0 radical (unpaired) electrons. The molecule has 20 heavy (non-hydrogen) atoms. The van der Waals surface area contributed by atoms with E-state index in [2.05, 4.69) is 21.2 Å². The molecule has 2 nitrogen and oxygen atoms in total. The Kier molecular flexibility index (Phi) is 4.91. The van der Waals surface area contributed by atoms with Crippen molar-refractivity contribution in [3.63, 3.8) is 0 Å². The van der Waals surface area contributed by atoms with E-state index >= 15 is 0 Å². The van der Waals surface area contributed by atoms with Crippen LogP contribution in [0.5, 0.6) is 0 Å². The summed E-state index contributed by atoms with van der Waals surface area (Å²) in [5, 5.41) is 13.0. The van der Waals surface area contributed by atoms with Crippen LogP contribution < -0.4 is 5.32 Å². The van der Waals surface area contributed by atoms with Gasteiger partial charge in [-0.05, 0) is 40.0 Å². The van der Waals surface area contributed by atoms with E-state index in [1.165, 1.54) is 6.07 Å². The highest BCUT2D eigenvalue weighted by Gasteiger charge is 2.25. The van der Waals surface area contributed by atoms with E-state index in [0.29, 0.717) is 11.0 Å². The number of aliphatic hydroxyl groups excluding tert-OH is 1. The van der Waals surface area contributed by atoms with E-state index in [1.807, 2.05) is 43.3 Å². The van der Waals surface area contributed by atoms with Gasteiger partial charge in [-0.3, -0.25) is 0 Å². The smallest absolute Gasteiger partial charge is 0.137 e. The average Bonchev–Trinajstić information content (AvgIpc) is 2.49. The standard InChI is InChI=1S/C16H17BrFNO/c1-16(11-20,13-7-3-2-4-8-13)19-10-12-6-5-9-14(18)15(12)17/h2-9,19-20H,10-11H2,1H3. The molecule has 1 atom stereocenters. The topological polar surface area (TPSA) is 32.3 Å². The minimum absolute atomic E-state index is 0.0377. The van der Waals surface area contributed by atoms with Crippen LogP contribution in [0.1, 0.15) is 18.1 Å². The maximum Gasteiger partial charge on any atom is 0.137 e. The van der Waals surface area contributed by atoms with Gasteiger partial charge in [-0.2, -0.15) is 0 Å². The SMILES string of the molecule is CC(CO)(NCc1cccc(F)c1Br)c1ccccc1. The zero-order chi connectivity index (χ0) is 14.6. The monoisotopic (exact) mass is 337 g/mol. The minimum Gasteiger partial charge on any atom is -0.394 e. The first-order valence-electron chi connectivity index (χ1n) is 6.41. The van der Waals surface area contributed by atoms with Gasteiger partial charge in [0.2, 0.25) is 0 Å². The highest BCUT2D eigenvalue weighted by atomic mass is 79.9. The average molecular weight is 338 g/mol. The van der Waals surface area contributed by atoms with Crippen molar-refractivity contribution in [2.75, 3.05) is 6.61 Å². The van der Waals surface area contributed by atoms with Crippen molar-refractivity contribution in [3.05, 3.63) is 69.9 Å². The zero-order valence-electron chi connectivity index (χ0n) is 11.2. The van der Waals surface area contributed by atoms with Crippen molar-refractivity contribution >= 4 is 15.9 Å². The van der Waals surface area contributed by atoms with E-state index in [1.54, 1.807) is 6.07 Å². The van der Waals surface area contributed by atoms with Gasteiger partial charge in [0.1, 0.15) is 5.82 Å². The maximum atomic E-state index is 13.5. The van der Waals surface area contributed by atoms with Crippen LogP contribution in [-0.2, 0) is 12.1 Å². The second-order valence-electron chi connectivity index (χ2n) is 4.92. The molecule has 0 fully saturated rings. The van der Waals surface area contributed by atoms with Gasteiger partial charge < -0.3 is 10.4 Å². The van der Waals surface area contributed by atoms with E-state index < -0.39 is 5.54 Å². The van der Waals surface area contributed by atoms with Crippen LogP contribution in [0.2, 0.25) is 0 Å². The molecule has 106 valence electrons. The van der Waals surface area contributed by atoms with Gasteiger partial charge in [-0.25, -0.2) is 4.39 Å². The van der Waals surface area contributed by atoms with Crippen LogP contribution in [0.4, 0.5) is 4.39 Å². The lowest BCUT2D eigenvalue weighted by atomic mass is 9.92. The molecular formula is C16H17BrFNO. The molecular weight excluding hydrogens is 321 g/mol. The Morgan fingerprint density at radius 1 is 1.15 bits per heavy atom. The molecule has 2 rings (SSSR count). The summed E-state index contributed by atoms with van der Waals surface area (Å²) in [6.07, 6.45) is 0. The Labute approximate surface area is 126 Å². The number of aliphatic hydroxyl groups is 1. The fourth-order valence-electron chi connectivity index (χ4n) is 2.03. The van der Waals surface area contributed by atoms with Crippen molar-refractivity contribution in [1.29, 1.82) is 0 Å². The third kappa shape index (κ3) is 3.26. The van der Waals surface area contributed by atoms with Crippen LogP contribution in [-0.4, -0.2) is 11.7 Å². The van der Waals surface area contributed by atoms with Gasteiger partial charge in [-0.1, -0.05) is 42.5 Å². The zero-order valence-corrected chi connectivity index (χ0v) is 12.8. The molecule has 0 spiro atoms. The second-order valence-corrected chi connectivity index (χ2v) is 5.72. The van der Waals surface area contributed by atoms with E-state index in [9.17, 15) is 9.50 Å². The van der Waals surface area contributed by atoms with Gasteiger partial charge in [0.15, 0.2) is 0 Å². The molecule has 0 heterocycles. The van der Waals surface area contributed by atoms with Gasteiger partial charge in [0, 0.05) is 6.54 Å². The van der Waals surface area contributed by atoms with Crippen molar-refractivity contribution in [2.45, 2.75) is 19.0 Å². The summed E-state index contributed by atoms with van der Waals surface area (Å²) >= 11 is 3.25. The van der Waals surface area contributed by atoms with E-state index in [-0.39, 0.29) is 12.4 Å². The third-order valence-corrected chi connectivity index (χ3v) is 4.32. The van der Waals surface area contributed by atoms with Crippen LogP contribution in [0.25, 0.3) is 0 Å². The summed E-state index contributed by atoms with van der Waals surface area (Å²) < 4.78 is 13.9. The molecule has 0 amide bonds. The van der Waals surface area contributed by atoms with Gasteiger partial charge >= 0.3 is 0 Å². The fourth-order valence-corrected chi connectivity index (χ4v) is 2.44. The molecule has 0 saturated carbocycles. The lowest BCUT2D eigenvalue weighted by Crippen LogP contribution is -2.42. The summed E-state index contributed by atoms with van der Waals surface area (Å²) in [6, 6.07) is 14.7.